The number of hydrogen-bond donors (Lipinski definition) is 0. The number of benzene rings is 3. The van der Waals surface area contributed by atoms with Gasteiger partial charge in [0.05, 0.1) is 11.6 Å². The maximum atomic E-state index is 8.98. The summed E-state index contributed by atoms with van der Waals surface area (Å²) in [5.41, 5.74) is 6.51. The molecule has 0 spiro atoms. The van der Waals surface area contributed by atoms with Gasteiger partial charge in [0.15, 0.2) is 0 Å². The fourth-order valence-corrected chi connectivity index (χ4v) is 5.08. The van der Waals surface area contributed by atoms with Crippen molar-refractivity contribution in [2.75, 3.05) is 0 Å². The monoisotopic (exact) mass is 407 g/mol. The summed E-state index contributed by atoms with van der Waals surface area (Å²) in [5, 5.41) is 8.98. The van der Waals surface area contributed by atoms with Crippen molar-refractivity contribution < 1.29 is 0 Å². The molecule has 3 aromatic rings. The Morgan fingerprint density at radius 1 is 0.806 bits per heavy atom. The molecular formula is C30H33N. The summed E-state index contributed by atoms with van der Waals surface area (Å²) in [6.45, 7) is 2.32. The fraction of sp³-hybridized carbons (Fsp3) is 0.367. The van der Waals surface area contributed by atoms with Crippen LogP contribution in [0, 0.1) is 17.2 Å². The molecule has 0 aromatic heterocycles. The summed E-state index contributed by atoms with van der Waals surface area (Å²) in [5.74, 6) is 2.08. The first kappa shape index (κ1) is 21.4. The van der Waals surface area contributed by atoms with Gasteiger partial charge in [0.2, 0.25) is 0 Å². The third kappa shape index (κ3) is 5.86. The van der Waals surface area contributed by atoms with Crippen LogP contribution in [0.3, 0.4) is 0 Å². The Labute approximate surface area is 187 Å². The highest BCUT2D eigenvalue weighted by Gasteiger charge is 2.22. The first-order valence-corrected chi connectivity index (χ1v) is 11.8. The molecule has 1 heteroatoms. The van der Waals surface area contributed by atoms with E-state index in [9.17, 15) is 0 Å². The lowest BCUT2D eigenvalue weighted by molar-refractivity contribution is 0.310. The maximum Gasteiger partial charge on any atom is 0.0991 e. The molecule has 158 valence electrons. The lowest BCUT2D eigenvalue weighted by atomic mass is 9.77. The quantitative estimate of drug-likeness (QED) is 0.392. The minimum atomic E-state index is 0.554. The zero-order valence-electron chi connectivity index (χ0n) is 18.6. The molecule has 1 aliphatic rings. The van der Waals surface area contributed by atoms with E-state index in [1.54, 1.807) is 0 Å². The second-order valence-corrected chi connectivity index (χ2v) is 9.32. The van der Waals surface area contributed by atoms with Gasteiger partial charge >= 0.3 is 0 Å². The molecule has 3 aromatic carbocycles. The second-order valence-electron chi connectivity index (χ2n) is 9.32. The molecule has 4 rings (SSSR count). The van der Waals surface area contributed by atoms with E-state index in [1.165, 1.54) is 60.8 Å². The van der Waals surface area contributed by atoms with Crippen LogP contribution >= 0.6 is 0 Å². The van der Waals surface area contributed by atoms with Crippen LogP contribution in [0.25, 0.3) is 0 Å². The molecule has 1 aliphatic carbocycles. The summed E-state index contributed by atoms with van der Waals surface area (Å²) in [4.78, 5) is 0. The molecule has 1 saturated carbocycles. The van der Waals surface area contributed by atoms with Crippen LogP contribution in [0.5, 0.6) is 0 Å². The van der Waals surface area contributed by atoms with Gasteiger partial charge in [-0.3, -0.25) is 0 Å². The number of nitrogens with zero attached hydrogens (tertiary/aromatic N) is 1. The first-order chi connectivity index (χ1) is 15.2. The van der Waals surface area contributed by atoms with Gasteiger partial charge in [-0.1, -0.05) is 73.7 Å². The zero-order chi connectivity index (χ0) is 21.5. The van der Waals surface area contributed by atoms with Gasteiger partial charge in [0.1, 0.15) is 0 Å². The van der Waals surface area contributed by atoms with Gasteiger partial charge in [-0.15, -0.1) is 0 Å². The van der Waals surface area contributed by atoms with Crippen LogP contribution in [-0.4, -0.2) is 0 Å². The van der Waals surface area contributed by atoms with Crippen LogP contribution in [-0.2, 0) is 12.8 Å². The first-order valence-electron chi connectivity index (χ1n) is 11.8. The smallest absolute Gasteiger partial charge is 0.0991 e. The highest BCUT2D eigenvalue weighted by molar-refractivity contribution is 5.33. The number of rotatable bonds is 7. The van der Waals surface area contributed by atoms with E-state index in [-0.39, 0.29) is 0 Å². The predicted molar refractivity (Wildman–Crippen MR) is 129 cm³/mol. The summed E-state index contributed by atoms with van der Waals surface area (Å²) >= 11 is 0. The predicted octanol–water partition coefficient (Wildman–Crippen LogP) is 7.81. The average Bonchev–Trinajstić information content (AvgIpc) is 2.84. The Morgan fingerprint density at radius 2 is 1.45 bits per heavy atom. The van der Waals surface area contributed by atoms with Gasteiger partial charge < -0.3 is 0 Å². The highest BCUT2D eigenvalue weighted by atomic mass is 14.3. The topological polar surface area (TPSA) is 23.8 Å². The molecule has 0 amide bonds. The molecule has 1 atom stereocenters. The van der Waals surface area contributed by atoms with E-state index >= 15 is 0 Å². The van der Waals surface area contributed by atoms with E-state index in [2.05, 4.69) is 79.7 Å². The van der Waals surface area contributed by atoms with Crippen LogP contribution in [0.4, 0.5) is 0 Å². The molecule has 0 radical (unpaired) electrons. The van der Waals surface area contributed by atoms with Gasteiger partial charge in [0, 0.05) is 0 Å². The number of aryl methyl sites for hydroxylation is 1. The molecule has 0 heterocycles. The second kappa shape index (κ2) is 10.5. The molecular weight excluding hydrogens is 374 g/mol. The number of hydrogen-bond acceptors (Lipinski definition) is 1. The van der Waals surface area contributed by atoms with Crippen molar-refractivity contribution in [3.05, 3.63) is 107 Å². The van der Waals surface area contributed by atoms with E-state index in [0.29, 0.717) is 11.8 Å². The maximum absolute atomic E-state index is 8.98. The van der Waals surface area contributed by atoms with Crippen LogP contribution in [0.15, 0.2) is 78.9 Å². The van der Waals surface area contributed by atoms with Crippen molar-refractivity contribution in [2.24, 2.45) is 5.92 Å². The van der Waals surface area contributed by atoms with Crippen molar-refractivity contribution in [2.45, 2.75) is 63.7 Å². The van der Waals surface area contributed by atoms with E-state index in [4.69, 9.17) is 5.26 Å². The molecule has 31 heavy (non-hydrogen) atoms. The molecule has 1 unspecified atom stereocenters. The molecule has 0 N–H and O–H groups in total. The highest BCUT2D eigenvalue weighted by Crippen LogP contribution is 2.37. The standard InChI is InChI=1S/C30H33N/c1-23(28-5-3-2-4-6-28)21-26-11-9-24(10-12-26)7-8-25-13-17-29(18-14-25)30-19-15-27(22-31)16-20-30/h2-6,9-12,15-16,19-20,23,25,29H,7-8,13-14,17-18,21H2,1H3. The normalized spacial score (nSPS) is 19.5. The van der Waals surface area contributed by atoms with Crippen LogP contribution < -0.4 is 0 Å². The Kier molecular flexibility index (Phi) is 7.21. The Bertz CT molecular complexity index is 971. The third-order valence-corrected chi connectivity index (χ3v) is 7.13. The van der Waals surface area contributed by atoms with Gasteiger partial charge in [-0.05, 0) is 97.1 Å². The summed E-state index contributed by atoms with van der Waals surface area (Å²) in [7, 11) is 0. The van der Waals surface area contributed by atoms with Crippen molar-refractivity contribution in [1.29, 1.82) is 5.26 Å². The van der Waals surface area contributed by atoms with Crippen LogP contribution in [0.2, 0.25) is 0 Å². The Morgan fingerprint density at radius 3 is 2.10 bits per heavy atom. The Balaban J connectivity index is 1.22. The van der Waals surface area contributed by atoms with Gasteiger partial charge in [0.25, 0.3) is 0 Å². The molecule has 1 fully saturated rings. The third-order valence-electron chi connectivity index (χ3n) is 7.13. The fourth-order valence-electron chi connectivity index (χ4n) is 5.08. The molecule has 1 nitrogen and oxygen atoms in total. The molecule has 0 aliphatic heterocycles. The van der Waals surface area contributed by atoms with E-state index in [0.717, 1.165) is 17.9 Å². The summed E-state index contributed by atoms with van der Waals surface area (Å²) in [6.07, 6.45) is 8.83. The van der Waals surface area contributed by atoms with E-state index < -0.39 is 0 Å². The SMILES string of the molecule is CC(Cc1ccc(CCC2CCC(c3ccc(C#N)cc3)CC2)cc1)c1ccccc1. The summed E-state index contributed by atoms with van der Waals surface area (Å²) in [6, 6.07) is 30.6. The van der Waals surface area contributed by atoms with Crippen LogP contribution in [0.1, 0.15) is 78.7 Å². The molecule has 0 saturated heterocycles. The summed E-state index contributed by atoms with van der Waals surface area (Å²) < 4.78 is 0. The molecule has 0 bridgehead atoms. The zero-order valence-corrected chi connectivity index (χ0v) is 18.6. The van der Waals surface area contributed by atoms with Crippen molar-refractivity contribution in [1.82, 2.24) is 0 Å². The van der Waals surface area contributed by atoms with Crippen molar-refractivity contribution in [3.8, 4) is 6.07 Å². The van der Waals surface area contributed by atoms with Crippen molar-refractivity contribution >= 4 is 0 Å². The van der Waals surface area contributed by atoms with Gasteiger partial charge in [-0.2, -0.15) is 5.26 Å². The lowest BCUT2D eigenvalue weighted by Crippen LogP contribution is -2.14. The van der Waals surface area contributed by atoms with E-state index in [1.807, 2.05) is 12.1 Å². The van der Waals surface area contributed by atoms with Gasteiger partial charge in [-0.25, -0.2) is 0 Å². The minimum absolute atomic E-state index is 0.554. The Hall–Kier alpha value is -2.85. The largest absolute Gasteiger partial charge is 0.192 e. The lowest BCUT2D eigenvalue weighted by Gasteiger charge is -2.29. The average molecular weight is 408 g/mol. The number of nitriles is 1. The van der Waals surface area contributed by atoms with Crippen molar-refractivity contribution in [3.63, 3.8) is 0 Å². The minimum Gasteiger partial charge on any atom is -0.192 e.